The molecule has 3 rings (SSSR count). The molecule has 0 aliphatic rings. The SMILES string of the molecule is CCCCCCCCCCCCOC(C)c1ccc(OC(=O)c2ccc(-c3ccc(OCCCCCC)cc3)cc2)cc1. The molecule has 0 aliphatic heterocycles. The number of carbonyl (C=O) groups is 1. The molecule has 0 heterocycles. The summed E-state index contributed by atoms with van der Waals surface area (Å²) in [5.41, 5.74) is 3.73. The Balaban J connectivity index is 1.35. The van der Waals surface area contributed by atoms with Gasteiger partial charge in [0.15, 0.2) is 0 Å². The van der Waals surface area contributed by atoms with Crippen molar-refractivity contribution in [2.24, 2.45) is 0 Å². The van der Waals surface area contributed by atoms with Gasteiger partial charge in [0.25, 0.3) is 0 Å². The number of ether oxygens (including phenoxy) is 3. The summed E-state index contributed by atoms with van der Waals surface area (Å²) in [5.74, 6) is 1.06. The molecule has 4 heteroatoms. The Hall–Kier alpha value is -3.11. The Morgan fingerprint density at radius 1 is 0.558 bits per heavy atom. The quantitative estimate of drug-likeness (QED) is 0.0667. The first-order valence-electron chi connectivity index (χ1n) is 16.9. The van der Waals surface area contributed by atoms with E-state index >= 15 is 0 Å². The van der Waals surface area contributed by atoms with Gasteiger partial charge in [0.2, 0.25) is 0 Å². The van der Waals surface area contributed by atoms with Crippen molar-refractivity contribution in [1.82, 2.24) is 0 Å². The number of unbranched alkanes of at least 4 members (excludes halogenated alkanes) is 12. The lowest BCUT2D eigenvalue weighted by atomic mass is 10.0. The van der Waals surface area contributed by atoms with Gasteiger partial charge in [-0.15, -0.1) is 0 Å². The lowest BCUT2D eigenvalue weighted by molar-refractivity contribution is 0.0627. The van der Waals surface area contributed by atoms with E-state index in [4.69, 9.17) is 14.2 Å². The molecule has 43 heavy (non-hydrogen) atoms. The minimum atomic E-state index is -0.364. The normalized spacial score (nSPS) is 11.8. The maximum absolute atomic E-state index is 12.8. The number of hydrogen-bond donors (Lipinski definition) is 0. The van der Waals surface area contributed by atoms with Crippen molar-refractivity contribution in [1.29, 1.82) is 0 Å². The number of hydrogen-bond acceptors (Lipinski definition) is 4. The van der Waals surface area contributed by atoms with Gasteiger partial charge in [-0.3, -0.25) is 0 Å². The molecule has 0 bridgehead atoms. The number of carbonyl (C=O) groups excluding carboxylic acids is 1. The zero-order valence-corrected chi connectivity index (χ0v) is 27.0. The summed E-state index contributed by atoms with van der Waals surface area (Å²) < 4.78 is 17.5. The van der Waals surface area contributed by atoms with Crippen LogP contribution >= 0.6 is 0 Å². The fourth-order valence-corrected chi connectivity index (χ4v) is 5.18. The second-order valence-corrected chi connectivity index (χ2v) is 11.7. The third-order valence-electron chi connectivity index (χ3n) is 8.00. The summed E-state index contributed by atoms with van der Waals surface area (Å²) in [4.78, 5) is 12.8. The topological polar surface area (TPSA) is 44.8 Å². The molecule has 0 N–H and O–H groups in total. The standard InChI is InChI=1S/C39H54O4/c1-4-6-8-10-11-12-13-14-15-17-30-41-32(3)33-22-28-38(29-23-33)43-39(40)36-20-18-34(19-21-36)35-24-26-37(27-25-35)42-31-16-9-7-5-2/h18-29,32H,4-17,30-31H2,1-3H3. The smallest absolute Gasteiger partial charge is 0.343 e. The van der Waals surface area contributed by atoms with Crippen molar-refractivity contribution in [3.63, 3.8) is 0 Å². The first-order chi connectivity index (χ1) is 21.1. The van der Waals surface area contributed by atoms with Crippen LogP contribution in [0.4, 0.5) is 0 Å². The Labute approximate surface area is 261 Å². The average molecular weight is 587 g/mol. The summed E-state index contributed by atoms with van der Waals surface area (Å²) in [5, 5.41) is 0. The van der Waals surface area contributed by atoms with Gasteiger partial charge >= 0.3 is 5.97 Å². The van der Waals surface area contributed by atoms with E-state index in [-0.39, 0.29) is 12.1 Å². The monoisotopic (exact) mass is 586 g/mol. The van der Waals surface area contributed by atoms with Gasteiger partial charge in [0.05, 0.1) is 18.3 Å². The van der Waals surface area contributed by atoms with Crippen molar-refractivity contribution in [2.45, 2.75) is 117 Å². The predicted octanol–water partition coefficient (Wildman–Crippen LogP) is 11.5. The van der Waals surface area contributed by atoms with Crippen molar-refractivity contribution in [2.75, 3.05) is 13.2 Å². The highest BCUT2D eigenvalue weighted by Gasteiger charge is 2.11. The second kappa shape index (κ2) is 20.7. The Kier molecular flexibility index (Phi) is 16.6. The van der Waals surface area contributed by atoms with Crippen molar-refractivity contribution in [3.8, 4) is 22.6 Å². The van der Waals surface area contributed by atoms with Gasteiger partial charge in [0.1, 0.15) is 11.5 Å². The highest BCUT2D eigenvalue weighted by Crippen LogP contribution is 2.25. The molecule has 3 aromatic carbocycles. The van der Waals surface area contributed by atoms with Crippen LogP contribution in [0.15, 0.2) is 72.8 Å². The van der Waals surface area contributed by atoms with Crippen LogP contribution in [0.25, 0.3) is 11.1 Å². The van der Waals surface area contributed by atoms with Crippen LogP contribution < -0.4 is 9.47 Å². The maximum atomic E-state index is 12.8. The largest absolute Gasteiger partial charge is 0.494 e. The van der Waals surface area contributed by atoms with E-state index < -0.39 is 0 Å². The molecule has 0 aliphatic carbocycles. The van der Waals surface area contributed by atoms with E-state index in [1.165, 1.54) is 77.0 Å². The number of benzene rings is 3. The van der Waals surface area contributed by atoms with Crippen LogP contribution in [0.3, 0.4) is 0 Å². The van der Waals surface area contributed by atoms with Gasteiger partial charge in [-0.05, 0) is 72.9 Å². The van der Waals surface area contributed by atoms with Crippen molar-refractivity contribution < 1.29 is 19.0 Å². The highest BCUT2D eigenvalue weighted by molar-refractivity contribution is 5.91. The van der Waals surface area contributed by atoms with Gasteiger partial charge in [-0.2, -0.15) is 0 Å². The summed E-state index contributed by atoms with van der Waals surface area (Å²) in [7, 11) is 0. The second-order valence-electron chi connectivity index (χ2n) is 11.7. The number of esters is 1. The molecular weight excluding hydrogens is 532 g/mol. The number of rotatable bonds is 22. The van der Waals surface area contributed by atoms with Gasteiger partial charge in [-0.1, -0.05) is 127 Å². The van der Waals surface area contributed by atoms with Crippen LogP contribution in [0.5, 0.6) is 11.5 Å². The van der Waals surface area contributed by atoms with E-state index in [9.17, 15) is 4.79 Å². The molecule has 0 saturated heterocycles. The summed E-state index contributed by atoms with van der Waals surface area (Å²) >= 11 is 0. The Morgan fingerprint density at radius 2 is 1.02 bits per heavy atom. The van der Waals surface area contributed by atoms with Crippen LogP contribution in [0.2, 0.25) is 0 Å². The van der Waals surface area contributed by atoms with Crippen molar-refractivity contribution >= 4 is 5.97 Å². The minimum Gasteiger partial charge on any atom is -0.494 e. The zero-order valence-electron chi connectivity index (χ0n) is 27.0. The molecule has 0 spiro atoms. The lowest BCUT2D eigenvalue weighted by Crippen LogP contribution is -2.08. The third-order valence-corrected chi connectivity index (χ3v) is 8.00. The molecule has 0 amide bonds. The average Bonchev–Trinajstić information content (AvgIpc) is 3.04. The summed E-state index contributed by atoms with van der Waals surface area (Å²) in [6, 6.07) is 23.3. The molecule has 1 atom stereocenters. The van der Waals surface area contributed by atoms with Gasteiger partial charge < -0.3 is 14.2 Å². The van der Waals surface area contributed by atoms with Crippen LogP contribution in [0, 0.1) is 0 Å². The fourth-order valence-electron chi connectivity index (χ4n) is 5.18. The molecule has 0 aromatic heterocycles. The third kappa shape index (κ3) is 13.4. The Morgan fingerprint density at radius 3 is 1.60 bits per heavy atom. The molecule has 3 aromatic rings. The van der Waals surface area contributed by atoms with E-state index in [2.05, 4.69) is 32.9 Å². The highest BCUT2D eigenvalue weighted by atomic mass is 16.5. The van der Waals surface area contributed by atoms with Crippen LogP contribution in [0.1, 0.15) is 133 Å². The molecule has 0 radical (unpaired) electrons. The van der Waals surface area contributed by atoms with E-state index in [0.29, 0.717) is 11.3 Å². The van der Waals surface area contributed by atoms with E-state index in [0.717, 1.165) is 48.5 Å². The zero-order chi connectivity index (χ0) is 30.5. The minimum absolute atomic E-state index is 0.0160. The first kappa shape index (κ1) is 34.4. The summed E-state index contributed by atoms with van der Waals surface area (Å²) in [6.45, 7) is 8.09. The van der Waals surface area contributed by atoms with Crippen LogP contribution in [-0.2, 0) is 4.74 Å². The molecule has 4 nitrogen and oxygen atoms in total. The van der Waals surface area contributed by atoms with Gasteiger partial charge in [-0.25, -0.2) is 4.79 Å². The summed E-state index contributed by atoms with van der Waals surface area (Å²) in [6.07, 6.45) is 18.0. The molecule has 1 unspecified atom stereocenters. The van der Waals surface area contributed by atoms with Crippen LogP contribution in [-0.4, -0.2) is 19.2 Å². The van der Waals surface area contributed by atoms with Gasteiger partial charge in [0, 0.05) is 6.61 Å². The van der Waals surface area contributed by atoms with E-state index in [1.807, 2.05) is 60.7 Å². The van der Waals surface area contributed by atoms with E-state index in [1.54, 1.807) is 0 Å². The maximum Gasteiger partial charge on any atom is 0.343 e. The predicted molar refractivity (Wildman–Crippen MR) is 179 cm³/mol. The lowest BCUT2D eigenvalue weighted by Gasteiger charge is -2.14. The van der Waals surface area contributed by atoms with Crippen molar-refractivity contribution in [3.05, 3.63) is 83.9 Å². The molecule has 234 valence electrons. The Bertz CT molecular complexity index is 1140. The molecular formula is C39H54O4. The molecule has 0 fully saturated rings. The first-order valence-corrected chi connectivity index (χ1v) is 16.9. The molecule has 0 saturated carbocycles. The fraction of sp³-hybridized carbons (Fsp3) is 0.513.